The Morgan fingerprint density at radius 1 is 1.29 bits per heavy atom. The Bertz CT molecular complexity index is 330. The lowest BCUT2D eigenvalue weighted by Crippen LogP contribution is -2.30. The van der Waals surface area contributed by atoms with Crippen molar-refractivity contribution >= 4 is 5.95 Å². The minimum atomic E-state index is 0.634. The van der Waals surface area contributed by atoms with Crippen molar-refractivity contribution in [1.82, 2.24) is 15.3 Å². The maximum absolute atomic E-state index is 4.45. The fourth-order valence-electron chi connectivity index (χ4n) is 2.35. The minimum absolute atomic E-state index is 0.634. The molecule has 1 aromatic heterocycles. The lowest BCUT2D eigenvalue weighted by atomic mass is 10.2. The van der Waals surface area contributed by atoms with E-state index in [2.05, 4.69) is 34.2 Å². The van der Waals surface area contributed by atoms with Crippen molar-refractivity contribution in [3.63, 3.8) is 0 Å². The zero-order valence-corrected chi connectivity index (χ0v) is 10.8. The largest absolute Gasteiger partial charge is 0.341 e. The molecule has 94 valence electrons. The van der Waals surface area contributed by atoms with Crippen LogP contribution >= 0.6 is 0 Å². The zero-order valence-electron chi connectivity index (χ0n) is 10.8. The Kier molecular flexibility index (Phi) is 4.31. The van der Waals surface area contributed by atoms with Gasteiger partial charge in [-0.05, 0) is 19.4 Å². The maximum Gasteiger partial charge on any atom is 0.225 e. The summed E-state index contributed by atoms with van der Waals surface area (Å²) in [4.78, 5) is 11.1. The third-order valence-corrected chi connectivity index (χ3v) is 3.46. The van der Waals surface area contributed by atoms with Gasteiger partial charge in [0.2, 0.25) is 5.95 Å². The van der Waals surface area contributed by atoms with Crippen LogP contribution in [0.1, 0.15) is 38.2 Å². The summed E-state index contributed by atoms with van der Waals surface area (Å²) in [5.41, 5.74) is 1.15. The van der Waals surface area contributed by atoms with Gasteiger partial charge in [-0.2, -0.15) is 0 Å². The molecule has 1 fully saturated rings. The van der Waals surface area contributed by atoms with Crippen LogP contribution in [0, 0.1) is 0 Å². The van der Waals surface area contributed by atoms with Gasteiger partial charge in [-0.1, -0.05) is 19.8 Å². The van der Waals surface area contributed by atoms with E-state index in [0.29, 0.717) is 6.04 Å². The van der Waals surface area contributed by atoms with Crippen molar-refractivity contribution in [2.75, 3.05) is 18.5 Å². The van der Waals surface area contributed by atoms with Crippen molar-refractivity contribution in [1.29, 1.82) is 0 Å². The van der Waals surface area contributed by atoms with Crippen LogP contribution in [-0.2, 0) is 6.54 Å². The molecule has 0 radical (unpaired) electrons. The molecule has 0 aliphatic heterocycles. The second kappa shape index (κ2) is 5.96. The van der Waals surface area contributed by atoms with Gasteiger partial charge in [-0.3, -0.25) is 0 Å². The summed E-state index contributed by atoms with van der Waals surface area (Å²) >= 11 is 0. The van der Waals surface area contributed by atoms with Crippen molar-refractivity contribution < 1.29 is 0 Å². The summed E-state index contributed by atoms with van der Waals surface area (Å²) in [5, 5.41) is 3.27. The molecule has 17 heavy (non-hydrogen) atoms. The average molecular weight is 234 g/mol. The van der Waals surface area contributed by atoms with Crippen molar-refractivity contribution in [3.8, 4) is 0 Å². The molecule has 1 saturated carbocycles. The van der Waals surface area contributed by atoms with Crippen molar-refractivity contribution in [2.24, 2.45) is 0 Å². The SMILES string of the molecule is CCNCc1cnc(N(C)C2CCCC2)nc1. The summed E-state index contributed by atoms with van der Waals surface area (Å²) in [6.07, 6.45) is 9.09. The van der Waals surface area contributed by atoms with Gasteiger partial charge in [0.25, 0.3) is 0 Å². The molecule has 4 nitrogen and oxygen atoms in total. The zero-order chi connectivity index (χ0) is 12.1. The van der Waals surface area contributed by atoms with Crippen LogP contribution < -0.4 is 10.2 Å². The van der Waals surface area contributed by atoms with Crippen LogP contribution in [0.15, 0.2) is 12.4 Å². The van der Waals surface area contributed by atoms with Gasteiger partial charge in [-0.15, -0.1) is 0 Å². The molecule has 1 heterocycles. The molecule has 1 N–H and O–H groups in total. The predicted molar refractivity (Wildman–Crippen MR) is 70.1 cm³/mol. The van der Waals surface area contributed by atoms with Crippen LogP contribution in [0.3, 0.4) is 0 Å². The summed E-state index contributed by atoms with van der Waals surface area (Å²) < 4.78 is 0. The second-order valence-electron chi connectivity index (χ2n) is 4.72. The number of rotatable bonds is 5. The molecule has 0 atom stereocenters. The van der Waals surface area contributed by atoms with Crippen LogP contribution in [0.5, 0.6) is 0 Å². The quantitative estimate of drug-likeness (QED) is 0.845. The molecule has 2 rings (SSSR count). The monoisotopic (exact) mass is 234 g/mol. The van der Waals surface area contributed by atoms with Gasteiger partial charge in [-0.25, -0.2) is 9.97 Å². The molecular weight excluding hydrogens is 212 g/mol. The summed E-state index contributed by atoms with van der Waals surface area (Å²) in [5.74, 6) is 0.858. The normalized spacial score (nSPS) is 16.4. The number of nitrogens with zero attached hydrogens (tertiary/aromatic N) is 3. The van der Waals surface area contributed by atoms with Crippen LogP contribution in [0.25, 0.3) is 0 Å². The first-order valence-corrected chi connectivity index (χ1v) is 6.55. The molecule has 0 amide bonds. The van der Waals surface area contributed by atoms with Gasteiger partial charge in [0, 0.05) is 37.6 Å². The topological polar surface area (TPSA) is 41.1 Å². The highest BCUT2D eigenvalue weighted by Crippen LogP contribution is 2.24. The molecule has 1 aromatic rings. The lowest BCUT2D eigenvalue weighted by Gasteiger charge is -2.24. The van der Waals surface area contributed by atoms with E-state index >= 15 is 0 Å². The molecule has 1 aliphatic rings. The van der Waals surface area contributed by atoms with E-state index in [4.69, 9.17) is 0 Å². The summed E-state index contributed by atoms with van der Waals surface area (Å²) in [7, 11) is 2.11. The molecule has 0 saturated heterocycles. The van der Waals surface area contributed by atoms with Crippen LogP contribution in [0.2, 0.25) is 0 Å². The number of nitrogens with one attached hydrogen (secondary N) is 1. The molecule has 0 aromatic carbocycles. The van der Waals surface area contributed by atoms with Crippen molar-refractivity contribution in [3.05, 3.63) is 18.0 Å². The number of hydrogen-bond donors (Lipinski definition) is 1. The number of hydrogen-bond acceptors (Lipinski definition) is 4. The minimum Gasteiger partial charge on any atom is -0.341 e. The first-order chi connectivity index (χ1) is 8.31. The molecular formula is C13H22N4. The Morgan fingerprint density at radius 2 is 1.94 bits per heavy atom. The highest BCUT2D eigenvalue weighted by Gasteiger charge is 2.21. The molecule has 1 aliphatic carbocycles. The smallest absolute Gasteiger partial charge is 0.225 e. The van der Waals surface area contributed by atoms with E-state index < -0.39 is 0 Å². The van der Waals surface area contributed by atoms with E-state index in [-0.39, 0.29) is 0 Å². The summed E-state index contributed by atoms with van der Waals surface area (Å²) in [6.45, 7) is 3.93. The van der Waals surface area contributed by atoms with Gasteiger partial charge >= 0.3 is 0 Å². The Labute approximate surface area is 103 Å². The number of aromatic nitrogens is 2. The highest BCUT2D eigenvalue weighted by molar-refractivity contribution is 5.30. The lowest BCUT2D eigenvalue weighted by molar-refractivity contribution is 0.636. The fraction of sp³-hybridized carbons (Fsp3) is 0.692. The standard InChI is InChI=1S/C13H22N4/c1-3-14-8-11-9-15-13(16-10-11)17(2)12-6-4-5-7-12/h9-10,12,14H,3-8H2,1-2H3. The first-order valence-electron chi connectivity index (χ1n) is 6.55. The molecule has 0 bridgehead atoms. The highest BCUT2D eigenvalue weighted by atomic mass is 15.2. The maximum atomic E-state index is 4.45. The van der Waals surface area contributed by atoms with E-state index in [1.807, 2.05) is 12.4 Å². The fourth-order valence-corrected chi connectivity index (χ4v) is 2.35. The molecule has 0 spiro atoms. The number of anilines is 1. The third-order valence-electron chi connectivity index (χ3n) is 3.46. The van der Waals surface area contributed by atoms with Gasteiger partial charge < -0.3 is 10.2 Å². The Balaban J connectivity index is 1.96. The average Bonchev–Trinajstić information content (AvgIpc) is 2.90. The molecule has 0 unspecified atom stereocenters. The van der Waals surface area contributed by atoms with Gasteiger partial charge in [0.1, 0.15) is 0 Å². The predicted octanol–water partition coefficient (Wildman–Crippen LogP) is 1.96. The summed E-state index contributed by atoms with van der Waals surface area (Å²) in [6, 6.07) is 0.634. The van der Waals surface area contributed by atoms with Crippen LogP contribution in [-0.4, -0.2) is 29.6 Å². The van der Waals surface area contributed by atoms with E-state index in [1.165, 1.54) is 25.7 Å². The second-order valence-corrected chi connectivity index (χ2v) is 4.72. The van der Waals surface area contributed by atoms with Crippen LogP contribution in [0.4, 0.5) is 5.95 Å². The Hall–Kier alpha value is -1.16. The van der Waals surface area contributed by atoms with Gasteiger partial charge in [0.05, 0.1) is 0 Å². The van der Waals surface area contributed by atoms with E-state index in [9.17, 15) is 0 Å². The van der Waals surface area contributed by atoms with Gasteiger partial charge in [0.15, 0.2) is 0 Å². The Morgan fingerprint density at radius 3 is 2.53 bits per heavy atom. The van der Waals surface area contributed by atoms with E-state index in [0.717, 1.165) is 24.6 Å². The third kappa shape index (κ3) is 3.16. The first kappa shape index (κ1) is 12.3. The van der Waals surface area contributed by atoms with Crippen molar-refractivity contribution in [2.45, 2.75) is 45.2 Å². The molecule has 4 heteroatoms. The van der Waals surface area contributed by atoms with E-state index in [1.54, 1.807) is 0 Å².